The van der Waals surface area contributed by atoms with Crippen LogP contribution in [0.25, 0.3) is 0 Å². The van der Waals surface area contributed by atoms with Crippen molar-refractivity contribution in [2.45, 2.75) is 0 Å². The van der Waals surface area contributed by atoms with Gasteiger partial charge in [-0.25, -0.2) is 0 Å². The number of rotatable bonds is 1. The van der Waals surface area contributed by atoms with Crippen LogP contribution in [-0.2, 0) is 4.74 Å². The summed E-state index contributed by atoms with van der Waals surface area (Å²) in [5.41, 5.74) is 1.21. The fourth-order valence-corrected chi connectivity index (χ4v) is 0.707. The highest BCUT2D eigenvalue weighted by Gasteiger charge is 1.96. The number of hydrogen-bond acceptors (Lipinski definition) is 2. The van der Waals surface area contributed by atoms with Crippen molar-refractivity contribution in [3.63, 3.8) is 0 Å². The summed E-state index contributed by atoms with van der Waals surface area (Å²) in [7, 11) is 4.03. The Morgan fingerprint density at radius 3 is 2.50 bits per heavy atom. The minimum Gasteiger partial charge on any atom is -0.497 e. The van der Waals surface area contributed by atoms with Crippen molar-refractivity contribution >= 4 is 12.4 Å². The van der Waals surface area contributed by atoms with E-state index in [0.717, 1.165) is 0 Å². The van der Waals surface area contributed by atoms with Crippen molar-refractivity contribution in [2.75, 3.05) is 20.7 Å². The molecule has 2 nitrogen and oxygen atoms in total. The van der Waals surface area contributed by atoms with Gasteiger partial charge in [-0.3, -0.25) is 0 Å². The van der Waals surface area contributed by atoms with E-state index >= 15 is 0 Å². The van der Waals surface area contributed by atoms with E-state index in [0.29, 0.717) is 6.61 Å². The molecule has 0 aromatic carbocycles. The molecule has 0 fully saturated rings. The third-order valence-electron chi connectivity index (χ3n) is 1.24. The van der Waals surface area contributed by atoms with Gasteiger partial charge in [-0.05, 0) is 12.2 Å². The van der Waals surface area contributed by atoms with Crippen LogP contribution in [0.15, 0.2) is 24.1 Å². The SMILES string of the molecule is CN(C)C1=CCOC=C1.Cl. The molecule has 3 heteroatoms. The zero-order valence-electron chi connectivity index (χ0n) is 6.20. The van der Waals surface area contributed by atoms with Gasteiger partial charge in [0, 0.05) is 19.8 Å². The molecule has 0 bridgehead atoms. The highest BCUT2D eigenvalue weighted by Crippen LogP contribution is 2.04. The molecule has 0 aromatic heterocycles. The smallest absolute Gasteiger partial charge is 0.108 e. The van der Waals surface area contributed by atoms with E-state index in [-0.39, 0.29) is 12.4 Å². The third-order valence-corrected chi connectivity index (χ3v) is 1.24. The summed E-state index contributed by atoms with van der Waals surface area (Å²) in [6, 6.07) is 0. The molecule has 0 aliphatic carbocycles. The van der Waals surface area contributed by atoms with Gasteiger partial charge in [0.2, 0.25) is 0 Å². The third kappa shape index (κ3) is 2.31. The van der Waals surface area contributed by atoms with E-state index in [1.807, 2.05) is 26.2 Å². The zero-order chi connectivity index (χ0) is 6.69. The van der Waals surface area contributed by atoms with Crippen LogP contribution >= 0.6 is 12.4 Å². The van der Waals surface area contributed by atoms with E-state index in [4.69, 9.17) is 4.74 Å². The molecule has 0 saturated carbocycles. The van der Waals surface area contributed by atoms with E-state index in [1.54, 1.807) is 6.26 Å². The van der Waals surface area contributed by atoms with Gasteiger partial charge in [-0.15, -0.1) is 12.4 Å². The second kappa shape index (κ2) is 4.23. The highest BCUT2D eigenvalue weighted by atomic mass is 35.5. The van der Waals surface area contributed by atoms with Gasteiger partial charge in [0.15, 0.2) is 0 Å². The molecule has 0 N–H and O–H groups in total. The van der Waals surface area contributed by atoms with Crippen LogP contribution in [0.4, 0.5) is 0 Å². The van der Waals surface area contributed by atoms with Gasteiger partial charge >= 0.3 is 0 Å². The molecule has 0 atom stereocenters. The predicted octanol–water partition coefficient (Wildman–Crippen LogP) is 1.40. The van der Waals surface area contributed by atoms with Crippen LogP contribution in [0.5, 0.6) is 0 Å². The summed E-state index contributed by atoms with van der Waals surface area (Å²) in [6.45, 7) is 0.698. The van der Waals surface area contributed by atoms with Gasteiger partial charge in [-0.2, -0.15) is 0 Å². The maximum Gasteiger partial charge on any atom is 0.108 e. The quantitative estimate of drug-likeness (QED) is 0.577. The van der Waals surface area contributed by atoms with Crippen molar-refractivity contribution in [2.24, 2.45) is 0 Å². The number of nitrogens with zero attached hydrogens (tertiary/aromatic N) is 1. The van der Waals surface area contributed by atoms with Crippen LogP contribution < -0.4 is 0 Å². The van der Waals surface area contributed by atoms with Crippen LogP contribution in [0.1, 0.15) is 0 Å². The Morgan fingerprint density at radius 2 is 2.20 bits per heavy atom. The molecule has 58 valence electrons. The Balaban J connectivity index is 0.000000810. The molecule has 1 aliphatic rings. The zero-order valence-corrected chi connectivity index (χ0v) is 7.02. The average molecular weight is 162 g/mol. The molecular formula is C7H12ClNO. The molecule has 1 heterocycles. The van der Waals surface area contributed by atoms with E-state index in [1.165, 1.54) is 5.70 Å². The second-order valence-corrected chi connectivity index (χ2v) is 2.16. The summed E-state index contributed by atoms with van der Waals surface area (Å²) in [5.74, 6) is 0. The molecule has 0 unspecified atom stereocenters. The summed E-state index contributed by atoms with van der Waals surface area (Å²) < 4.78 is 4.97. The standard InChI is InChI=1S/C7H11NO.ClH/c1-8(2)7-3-5-9-6-4-7;/h3-5H,6H2,1-2H3;1H. The van der Waals surface area contributed by atoms with Gasteiger partial charge in [-0.1, -0.05) is 0 Å². The van der Waals surface area contributed by atoms with Crippen LogP contribution in [0, 0.1) is 0 Å². The highest BCUT2D eigenvalue weighted by molar-refractivity contribution is 5.85. The van der Waals surface area contributed by atoms with Gasteiger partial charge in [0.1, 0.15) is 6.61 Å². The summed E-state index contributed by atoms with van der Waals surface area (Å²) in [4.78, 5) is 2.05. The van der Waals surface area contributed by atoms with Crippen LogP contribution in [-0.4, -0.2) is 25.6 Å². The maximum absolute atomic E-state index is 4.97. The van der Waals surface area contributed by atoms with Crippen LogP contribution in [0.2, 0.25) is 0 Å². The average Bonchev–Trinajstić information content (AvgIpc) is 1.90. The monoisotopic (exact) mass is 161 g/mol. The largest absolute Gasteiger partial charge is 0.497 e. The minimum atomic E-state index is 0. The van der Waals surface area contributed by atoms with E-state index in [9.17, 15) is 0 Å². The van der Waals surface area contributed by atoms with E-state index in [2.05, 4.69) is 4.90 Å². The first-order valence-electron chi connectivity index (χ1n) is 2.96. The Hall–Kier alpha value is -0.630. The number of likely N-dealkylation sites (N-methyl/N-ethyl adjacent to an activating group) is 1. The van der Waals surface area contributed by atoms with Crippen molar-refractivity contribution in [1.29, 1.82) is 0 Å². The molecular weight excluding hydrogens is 150 g/mol. The fraction of sp³-hybridized carbons (Fsp3) is 0.429. The first-order valence-corrected chi connectivity index (χ1v) is 2.96. The summed E-state index contributed by atoms with van der Waals surface area (Å²) in [5, 5.41) is 0. The topological polar surface area (TPSA) is 12.5 Å². The lowest BCUT2D eigenvalue weighted by molar-refractivity contribution is 0.278. The number of halogens is 1. The summed E-state index contributed by atoms with van der Waals surface area (Å²) >= 11 is 0. The minimum absolute atomic E-state index is 0. The second-order valence-electron chi connectivity index (χ2n) is 2.16. The van der Waals surface area contributed by atoms with Crippen molar-refractivity contribution in [3.05, 3.63) is 24.1 Å². The Morgan fingerprint density at radius 1 is 1.50 bits per heavy atom. The Labute approximate surface area is 67.6 Å². The fourth-order valence-electron chi connectivity index (χ4n) is 0.707. The molecule has 0 amide bonds. The lowest BCUT2D eigenvalue weighted by Gasteiger charge is -2.15. The lowest BCUT2D eigenvalue weighted by atomic mass is 10.3. The van der Waals surface area contributed by atoms with E-state index < -0.39 is 0 Å². The molecule has 0 spiro atoms. The molecule has 0 saturated heterocycles. The Kier molecular flexibility index (Phi) is 3.96. The van der Waals surface area contributed by atoms with Gasteiger partial charge in [0.25, 0.3) is 0 Å². The van der Waals surface area contributed by atoms with Crippen molar-refractivity contribution in [3.8, 4) is 0 Å². The van der Waals surface area contributed by atoms with Crippen LogP contribution in [0.3, 0.4) is 0 Å². The maximum atomic E-state index is 4.97. The number of hydrogen-bond donors (Lipinski definition) is 0. The number of ether oxygens (including phenoxy) is 1. The van der Waals surface area contributed by atoms with Crippen molar-refractivity contribution < 1.29 is 4.74 Å². The Bertz CT molecular complexity index is 152. The molecule has 0 radical (unpaired) electrons. The van der Waals surface area contributed by atoms with Gasteiger partial charge < -0.3 is 9.64 Å². The van der Waals surface area contributed by atoms with Crippen molar-refractivity contribution in [1.82, 2.24) is 4.90 Å². The lowest BCUT2D eigenvalue weighted by Crippen LogP contribution is -2.11. The van der Waals surface area contributed by atoms with Gasteiger partial charge in [0.05, 0.1) is 6.26 Å². The molecule has 1 aliphatic heterocycles. The number of allylic oxidation sites excluding steroid dienone is 1. The first kappa shape index (κ1) is 9.37. The predicted molar refractivity (Wildman–Crippen MR) is 44.1 cm³/mol. The molecule has 0 aromatic rings. The molecule has 10 heavy (non-hydrogen) atoms. The normalized spacial score (nSPS) is 14.8. The molecule has 1 rings (SSSR count). The summed E-state index contributed by atoms with van der Waals surface area (Å²) in [6.07, 6.45) is 5.71. The first-order chi connectivity index (χ1) is 4.30.